The van der Waals surface area contributed by atoms with Crippen molar-refractivity contribution < 1.29 is 14.3 Å². The molecule has 0 saturated carbocycles. The molecular weight excluding hydrogens is 416 g/mol. The van der Waals surface area contributed by atoms with Gasteiger partial charge >= 0.3 is 5.97 Å². The molecule has 3 heterocycles. The van der Waals surface area contributed by atoms with Crippen molar-refractivity contribution in [3.63, 3.8) is 0 Å². The van der Waals surface area contributed by atoms with Gasteiger partial charge in [-0.1, -0.05) is 35.9 Å². The molecule has 2 saturated heterocycles. The van der Waals surface area contributed by atoms with Gasteiger partial charge in [-0.05, 0) is 55.3 Å². The van der Waals surface area contributed by atoms with Crippen molar-refractivity contribution in [2.45, 2.75) is 32.0 Å². The Labute approximate surface area is 192 Å². The van der Waals surface area contributed by atoms with Gasteiger partial charge in [-0.25, -0.2) is 15.6 Å². The molecule has 4 atom stereocenters. The SMILES string of the molecule is CCOC(=O)c1ccc(N2C(=O)C3NNC(c4ccc(C)cc4)C3C2c2cccnc2)cc1. The molecule has 1 amide bonds. The van der Waals surface area contributed by atoms with Crippen LogP contribution in [0.1, 0.15) is 46.1 Å². The van der Waals surface area contributed by atoms with Gasteiger partial charge in [0.1, 0.15) is 6.04 Å². The molecule has 2 aromatic carbocycles. The van der Waals surface area contributed by atoms with Gasteiger partial charge in [0.25, 0.3) is 0 Å². The molecule has 2 fully saturated rings. The van der Waals surface area contributed by atoms with Crippen LogP contribution in [0.2, 0.25) is 0 Å². The molecule has 2 aliphatic heterocycles. The Morgan fingerprint density at radius 3 is 2.39 bits per heavy atom. The fraction of sp³-hybridized carbons (Fsp3) is 0.269. The van der Waals surface area contributed by atoms with Gasteiger partial charge < -0.3 is 9.64 Å². The summed E-state index contributed by atoms with van der Waals surface area (Å²) in [5, 5.41) is 0. The highest BCUT2D eigenvalue weighted by molar-refractivity contribution is 6.02. The number of pyridine rings is 1. The van der Waals surface area contributed by atoms with E-state index in [0.717, 1.165) is 16.8 Å². The van der Waals surface area contributed by atoms with Crippen molar-refractivity contribution in [1.29, 1.82) is 0 Å². The number of amides is 1. The monoisotopic (exact) mass is 442 g/mol. The summed E-state index contributed by atoms with van der Waals surface area (Å²) in [4.78, 5) is 31.9. The Bertz CT molecular complexity index is 1150. The highest BCUT2D eigenvalue weighted by Gasteiger charge is 2.56. The Morgan fingerprint density at radius 2 is 1.73 bits per heavy atom. The lowest BCUT2D eigenvalue weighted by molar-refractivity contribution is -0.119. The predicted molar refractivity (Wildman–Crippen MR) is 124 cm³/mol. The van der Waals surface area contributed by atoms with Crippen molar-refractivity contribution in [3.05, 3.63) is 95.3 Å². The zero-order valence-electron chi connectivity index (χ0n) is 18.6. The number of aromatic nitrogens is 1. The number of benzene rings is 2. The molecule has 0 spiro atoms. The number of hydrazine groups is 1. The van der Waals surface area contributed by atoms with E-state index in [9.17, 15) is 9.59 Å². The fourth-order valence-electron chi connectivity index (χ4n) is 4.88. The maximum atomic E-state index is 13.6. The quantitative estimate of drug-likeness (QED) is 0.589. The third-order valence-corrected chi connectivity index (χ3v) is 6.43. The molecule has 4 unspecified atom stereocenters. The van der Waals surface area contributed by atoms with Crippen molar-refractivity contribution in [2.75, 3.05) is 11.5 Å². The molecule has 2 N–H and O–H groups in total. The van der Waals surface area contributed by atoms with Gasteiger partial charge in [0.15, 0.2) is 0 Å². The molecule has 33 heavy (non-hydrogen) atoms. The molecular formula is C26H26N4O3. The van der Waals surface area contributed by atoms with Crippen molar-refractivity contribution >= 4 is 17.6 Å². The summed E-state index contributed by atoms with van der Waals surface area (Å²) < 4.78 is 5.09. The summed E-state index contributed by atoms with van der Waals surface area (Å²) in [6.07, 6.45) is 3.56. The Morgan fingerprint density at radius 1 is 1.00 bits per heavy atom. The van der Waals surface area contributed by atoms with Crippen LogP contribution in [-0.2, 0) is 9.53 Å². The van der Waals surface area contributed by atoms with Gasteiger partial charge in [-0.15, -0.1) is 0 Å². The molecule has 1 aromatic heterocycles. The molecule has 2 aliphatic rings. The lowest BCUT2D eigenvalue weighted by atomic mass is 9.83. The maximum Gasteiger partial charge on any atom is 0.338 e. The standard InChI is InChI=1S/C26H26N4O3/c1-3-33-26(32)18-10-12-20(13-11-18)30-24(19-5-4-14-27-15-19)21-22(28-29-23(21)25(30)31)17-8-6-16(2)7-9-17/h4-15,21-24,28-29H,3H2,1-2H3. The zero-order chi connectivity index (χ0) is 22.9. The number of anilines is 1. The summed E-state index contributed by atoms with van der Waals surface area (Å²) >= 11 is 0. The fourth-order valence-corrected chi connectivity index (χ4v) is 4.88. The van der Waals surface area contributed by atoms with Crippen LogP contribution in [0.4, 0.5) is 5.69 Å². The number of hydrogen-bond donors (Lipinski definition) is 2. The molecule has 7 heteroatoms. The molecule has 0 aliphatic carbocycles. The largest absolute Gasteiger partial charge is 0.462 e. The number of nitrogens with one attached hydrogen (secondary N) is 2. The van der Waals surface area contributed by atoms with Crippen LogP contribution < -0.4 is 15.8 Å². The van der Waals surface area contributed by atoms with Gasteiger partial charge in [-0.3, -0.25) is 9.78 Å². The third kappa shape index (κ3) is 3.79. The summed E-state index contributed by atoms with van der Waals surface area (Å²) in [5.74, 6) is -0.434. The Kier molecular flexibility index (Phi) is 5.66. The van der Waals surface area contributed by atoms with E-state index in [1.54, 1.807) is 25.3 Å². The Hall–Kier alpha value is -3.55. The molecule has 0 bridgehead atoms. The molecule has 7 nitrogen and oxygen atoms in total. The minimum atomic E-state index is -0.383. The van der Waals surface area contributed by atoms with Crippen LogP contribution in [0.5, 0.6) is 0 Å². The average molecular weight is 443 g/mol. The van der Waals surface area contributed by atoms with E-state index in [4.69, 9.17) is 4.74 Å². The minimum absolute atomic E-state index is 0.0140. The van der Waals surface area contributed by atoms with Crippen molar-refractivity contribution in [2.24, 2.45) is 5.92 Å². The van der Waals surface area contributed by atoms with Gasteiger partial charge in [0, 0.05) is 24.0 Å². The van der Waals surface area contributed by atoms with Gasteiger partial charge in [0.2, 0.25) is 5.91 Å². The number of esters is 1. The first-order valence-electron chi connectivity index (χ1n) is 11.2. The van der Waals surface area contributed by atoms with Crippen LogP contribution in [-0.4, -0.2) is 29.5 Å². The second-order valence-electron chi connectivity index (χ2n) is 8.44. The van der Waals surface area contributed by atoms with Crippen LogP contribution in [0, 0.1) is 12.8 Å². The van der Waals surface area contributed by atoms with E-state index in [0.29, 0.717) is 12.2 Å². The first-order valence-corrected chi connectivity index (χ1v) is 11.2. The number of hydrogen-bond acceptors (Lipinski definition) is 6. The van der Waals surface area contributed by atoms with Gasteiger partial charge in [0.05, 0.1) is 24.3 Å². The van der Waals surface area contributed by atoms with Crippen LogP contribution in [0.3, 0.4) is 0 Å². The van der Waals surface area contributed by atoms with Gasteiger partial charge in [-0.2, -0.15) is 0 Å². The molecule has 3 aromatic rings. The lowest BCUT2D eigenvalue weighted by Crippen LogP contribution is -2.41. The van der Waals surface area contributed by atoms with E-state index in [2.05, 4.69) is 47.0 Å². The zero-order valence-corrected chi connectivity index (χ0v) is 18.6. The minimum Gasteiger partial charge on any atom is -0.462 e. The third-order valence-electron chi connectivity index (χ3n) is 6.43. The van der Waals surface area contributed by atoms with Crippen molar-refractivity contribution in [3.8, 4) is 0 Å². The van der Waals surface area contributed by atoms with Crippen LogP contribution in [0.25, 0.3) is 0 Å². The second-order valence-corrected chi connectivity index (χ2v) is 8.44. The number of carbonyl (C=O) groups excluding carboxylic acids is 2. The van der Waals surface area contributed by atoms with E-state index >= 15 is 0 Å². The normalized spacial score (nSPS) is 24.1. The summed E-state index contributed by atoms with van der Waals surface area (Å²) in [7, 11) is 0. The smallest absolute Gasteiger partial charge is 0.338 e. The lowest BCUT2D eigenvalue weighted by Gasteiger charge is -2.31. The average Bonchev–Trinajstić information content (AvgIpc) is 3.39. The molecule has 168 valence electrons. The van der Waals surface area contributed by atoms with E-state index < -0.39 is 0 Å². The van der Waals surface area contributed by atoms with E-state index in [1.807, 2.05) is 35.4 Å². The maximum absolute atomic E-state index is 13.6. The highest BCUT2D eigenvalue weighted by Crippen LogP contribution is 2.48. The van der Waals surface area contributed by atoms with E-state index in [-0.39, 0.29) is 35.9 Å². The predicted octanol–water partition coefficient (Wildman–Crippen LogP) is 3.49. The number of carbonyl (C=O) groups is 2. The number of ether oxygens (including phenoxy) is 1. The second kappa shape index (κ2) is 8.77. The number of rotatable bonds is 5. The van der Waals surface area contributed by atoms with Crippen LogP contribution in [0.15, 0.2) is 73.1 Å². The Balaban J connectivity index is 1.55. The number of aryl methyl sites for hydroxylation is 1. The van der Waals surface area contributed by atoms with Crippen LogP contribution >= 0.6 is 0 Å². The first-order chi connectivity index (χ1) is 16.1. The topological polar surface area (TPSA) is 83.6 Å². The number of fused-ring (bicyclic) bond motifs is 1. The van der Waals surface area contributed by atoms with Crippen molar-refractivity contribution in [1.82, 2.24) is 15.8 Å². The molecule has 0 radical (unpaired) electrons. The summed E-state index contributed by atoms with van der Waals surface area (Å²) in [6, 6.07) is 18.7. The summed E-state index contributed by atoms with van der Waals surface area (Å²) in [6.45, 7) is 4.15. The summed E-state index contributed by atoms with van der Waals surface area (Å²) in [5.41, 5.74) is 11.1. The van der Waals surface area contributed by atoms with E-state index in [1.165, 1.54) is 5.56 Å². The number of nitrogens with zero attached hydrogens (tertiary/aromatic N) is 2. The molecule has 5 rings (SSSR count). The highest BCUT2D eigenvalue weighted by atomic mass is 16.5. The first kappa shape index (κ1) is 21.3.